The van der Waals surface area contributed by atoms with Gasteiger partial charge in [-0.1, -0.05) is 11.8 Å². The van der Waals surface area contributed by atoms with Crippen LogP contribution in [0, 0.1) is 0 Å². The van der Waals surface area contributed by atoms with Crippen molar-refractivity contribution >= 4 is 11.8 Å². The molecule has 0 aromatic carbocycles. The zero-order valence-corrected chi connectivity index (χ0v) is 11.1. The Morgan fingerprint density at radius 2 is 1.89 bits per heavy atom. The molecule has 0 amide bonds. The maximum absolute atomic E-state index is 9.90. The van der Waals surface area contributed by atoms with Gasteiger partial charge in [-0.25, -0.2) is 9.97 Å². The zero-order valence-electron chi connectivity index (χ0n) is 10.3. The zero-order chi connectivity index (χ0) is 13.8. The smallest absolute Gasteiger partial charge is 0.189 e. The van der Waals surface area contributed by atoms with Crippen LogP contribution in [0.25, 0.3) is 0 Å². The first-order valence-electron chi connectivity index (χ1n) is 5.98. The summed E-state index contributed by atoms with van der Waals surface area (Å²) >= 11 is 1.30. The van der Waals surface area contributed by atoms with E-state index in [-0.39, 0.29) is 5.94 Å². The topological polar surface area (TPSA) is 128 Å². The highest BCUT2D eigenvalue weighted by Crippen LogP contribution is 2.22. The molecule has 1 saturated carbocycles. The van der Waals surface area contributed by atoms with E-state index in [1.807, 2.05) is 0 Å². The lowest BCUT2D eigenvalue weighted by Gasteiger charge is -2.39. The van der Waals surface area contributed by atoms with Gasteiger partial charge in [-0.05, 0) is 12.5 Å². The first kappa shape index (κ1) is 14.6. The number of thioether (sulfide) groups is 1. The van der Waals surface area contributed by atoms with Crippen LogP contribution in [-0.2, 0) is 4.74 Å². The van der Waals surface area contributed by atoms with Gasteiger partial charge in [-0.15, -0.1) is 0 Å². The van der Waals surface area contributed by atoms with Crippen LogP contribution < -0.4 is 11.5 Å². The van der Waals surface area contributed by atoms with Crippen molar-refractivity contribution < 1.29 is 14.9 Å². The molecule has 0 radical (unpaired) electrons. The average Bonchev–Trinajstić information content (AvgIpc) is 2.41. The molecule has 1 aromatic heterocycles. The lowest BCUT2D eigenvalue weighted by Crippen LogP contribution is -2.61. The number of aliphatic hydroxyl groups is 2. The second-order valence-corrected chi connectivity index (χ2v) is 5.36. The standard InChI is InChI=1S/C11H18N4O3S/c12-6-4-7(13)10(9(17)8(6)16)18-5-19-11-14-2-1-3-15-11/h1-3,6-10,16-17H,4-5,12-13H2/t6-,7+,8+,9-,10-/m0/s1. The summed E-state index contributed by atoms with van der Waals surface area (Å²) < 4.78 is 5.52. The highest BCUT2D eigenvalue weighted by Gasteiger charge is 2.41. The lowest BCUT2D eigenvalue weighted by molar-refractivity contribution is -0.117. The van der Waals surface area contributed by atoms with Crippen LogP contribution in [0.3, 0.4) is 0 Å². The molecule has 0 aliphatic heterocycles. The highest BCUT2D eigenvalue weighted by atomic mass is 32.2. The Kier molecular flexibility index (Phi) is 5.08. The molecule has 1 aliphatic rings. The van der Waals surface area contributed by atoms with Gasteiger partial charge in [0.05, 0.1) is 6.10 Å². The number of aromatic nitrogens is 2. The van der Waals surface area contributed by atoms with Crippen LogP contribution in [-0.4, -0.2) is 56.5 Å². The maximum Gasteiger partial charge on any atom is 0.189 e. The SMILES string of the molecule is N[C@@H]1C[C@H](N)[C@@H](O)[C@H](O)[C@H]1OCSc1ncccn1. The number of ether oxygens (including phenoxy) is 1. The molecule has 106 valence electrons. The summed E-state index contributed by atoms with van der Waals surface area (Å²) in [7, 11) is 0. The fourth-order valence-electron chi connectivity index (χ4n) is 2.04. The Labute approximate surface area is 115 Å². The average molecular weight is 286 g/mol. The third-order valence-electron chi connectivity index (χ3n) is 3.08. The van der Waals surface area contributed by atoms with Crippen molar-refractivity contribution in [2.45, 2.75) is 42.0 Å². The molecule has 1 aromatic rings. The molecular weight excluding hydrogens is 268 g/mol. The van der Waals surface area contributed by atoms with Gasteiger partial charge >= 0.3 is 0 Å². The molecule has 6 N–H and O–H groups in total. The molecular formula is C11H18N4O3S. The quantitative estimate of drug-likeness (QED) is 0.305. The van der Waals surface area contributed by atoms with E-state index >= 15 is 0 Å². The first-order chi connectivity index (χ1) is 9.09. The molecule has 7 nitrogen and oxygen atoms in total. The Hall–Kier alpha value is -0.770. The van der Waals surface area contributed by atoms with Crippen LogP contribution in [0.4, 0.5) is 0 Å². The second kappa shape index (κ2) is 6.60. The van der Waals surface area contributed by atoms with Crippen molar-refractivity contribution in [3.8, 4) is 0 Å². The van der Waals surface area contributed by atoms with Crippen LogP contribution in [0.2, 0.25) is 0 Å². The summed E-state index contributed by atoms with van der Waals surface area (Å²) in [5.41, 5.74) is 11.6. The number of rotatable bonds is 4. The molecule has 19 heavy (non-hydrogen) atoms. The fraction of sp³-hybridized carbons (Fsp3) is 0.636. The van der Waals surface area contributed by atoms with Crippen molar-refractivity contribution in [2.75, 3.05) is 5.94 Å². The molecule has 1 aliphatic carbocycles. The van der Waals surface area contributed by atoms with Gasteiger partial charge in [0.2, 0.25) is 0 Å². The number of nitrogens with zero attached hydrogens (tertiary/aromatic N) is 2. The van der Waals surface area contributed by atoms with E-state index in [1.165, 1.54) is 11.8 Å². The largest absolute Gasteiger partial charge is 0.389 e. The van der Waals surface area contributed by atoms with Crippen molar-refractivity contribution in [1.82, 2.24) is 9.97 Å². The summed E-state index contributed by atoms with van der Waals surface area (Å²) in [6.07, 6.45) is 0.971. The molecule has 2 rings (SSSR count). The minimum Gasteiger partial charge on any atom is -0.389 e. The van der Waals surface area contributed by atoms with Gasteiger partial charge in [-0.3, -0.25) is 0 Å². The summed E-state index contributed by atoms with van der Waals surface area (Å²) in [4.78, 5) is 8.07. The van der Waals surface area contributed by atoms with E-state index in [4.69, 9.17) is 16.2 Å². The molecule has 0 saturated heterocycles. The number of nitrogens with two attached hydrogens (primary N) is 2. The van der Waals surface area contributed by atoms with E-state index in [2.05, 4.69) is 9.97 Å². The Balaban J connectivity index is 1.85. The molecule has 0 unspecified atom stereocenters. The fourth-order valence-corrected chi connectivity index (χ4v) is 2.64. The Bertz CT molecular complexity index is 397. The minimum absolute atomic E-state index is 0.251. The van der Waals surface area contributed by atoms with E-state index in [1.54, 1.807) is 18.5 Å². The van der Waals surface area contributed by atoms with E-state index in [9.17, 15) is 10.2 Å². The molecule has 0 spiro atoms. The number of hydrogen-bond acceptors (Lipinski definition) is 8. The van der Waals surface area contributed by atoms with Crippen LogP contribution in [0.1, 0.15) is 6.42 Å². The first-order valence-corrected chi connectivity index (χ1v) is 6.97. The van der Waals surface area contributed by atoms with Crippen molar-refractivity contribution in [3.05, 3.63) is 18.5 Å². The Morgan fingerprint density at radius 3 is 2.58 bits per heavy atom. The Morgan fingerprint density at radius 1 is 1.21 bits per heavy atom. The van der Waals surface area contributed by atoms with Gasteiger partial charge in [0, 0.05) is 24.5 Å². The summed E-state index contributed by atoms with van der Waals surface area (Å²) in [6.45, 7) is 0. The van der Waals surface area contributed by atoms with Gasteiger partial charge in [0.15, 0.2) is 5.16 Å². The third-order valence-corrected chi connectivity index (χ3v) is 3.81. The molecule has 1 fully saturated rings. The maximum atomic E-state index is 9.90. The van der Waals surface area contributed by atoms with Crippen LogP contribution in [0.15, 0.2) is 23.6 Å². The van der Waals surface area contributed by atoms with Crippen molar-refractivity contribution in [3.63, 3.8) is 0 Å². The van der Waals surface area contributed by atoms with Gasteiger partial charge < -0.3 is 26.4 Å². The monoisotopic (exact) mass is 286 g/mol. The second-order valence-electron chi connectivity index (χ2n) is 4.47. The van der Waals surface area contributed by atoms with E-state index < -0.39 is 30.4 Å². The van der Waals surface area contributed by atoms with Gasteiger partial charge in [-0.2, -0.15) is 0 Å². The van der Waals surface area contributed by atoms with Crippen LogP contribution in [0.5, 0.6) is 0 Å². The summed E-state index contributed by atoms with van der Waals surface area (Å²) in [5, 5.41) is 20.2. The van der Waals surface area contributed by atoms with Crippen molar-refractivity contribution in [1.29, 1.82) is 0 Å². The molecule has 8 heteroatoms. The third kappa shape index (κ3) is 3.62. The van der Waals surface area contributed by atoms with Gasteiger partial charge in [0.1, 0.15) is 18.1 Å². The summed E-state index contributed by atoms with van der Waals surface area (Å²) in [5.74, 6) is 0.251. The lowest BCUT2D eigenvalue weighted by atomic mass is 9.85. The minimum atomic E-state index is -1.07. The van der Waals surface area contributed by atoms with Crippen LogP contribution >= 0.6 is 11.8 Å². The summed E-state index contributed by atoms with van der Waals surface area (Å²) in [6, 6.07) is 0.810. The van der Waals surface area contributed by atoms with Gasteiger partial charge in [0.25, 0.3) is 0 Å². The number of aliphatic hydroxyl groups excluding tert-OH is 2. The normalized spacial score (nSPS) is 35.3. The molecule has 5 atom stereocenters. The van der Waals surface area contributed by atoms with Crippen molar-refractivity contribution in [2.24, 2.45) is 11.5 Å². The predicted molar refractivity (Wildman–Crippen MR) is 70.2 cm³/mol. The van der Waals surface area contributed by atoms with E-state index in [0.717, 1.165) is 0 Å². The number of hydrogen-bond donors (Lipinski definition) is 4. The molecule has 1 heterocycles. The molecule has 0 bridgehead atoms. The van der Waals surface area contributed by atoms with E-state index in [0.29, 0.717) is 11.6 Å². The highest BCUT2D eigenvalue weighted by molar-refractivity contribution is 7.99. The predicted octanol–water partition coefficient (Wildman–Crippen LogP) is -1.31.